The van der Waals surface area contributed by atoms with Crippen molar-refractivity contribution >= 4 is 5.97 Å². The van der Waals surface area contributed by atoms with E-state index in [0.717, 1.165) is 12.8 Å². The summed E-state index contributed by atoms with van der Waals surface area (Å²) in [4.78, 5) is 10.8. The molecule has 0 radical (unpaired) electrons. The first kappa shape index (κ1) is 11.4. The van der Waals surface area contributed by atoms with Crippen LogP contribution in [0.1, 0.15) is 33.6 Å². The molecule has 0 heterocycles. The lowest BCUT2D eigenvalue weighted by atomic mass is 9.99. The molecule has 72 valence electrons. The Morgan fingerprint density at radius 1 is 1.50 bits per heavy atom. The van der Waals surface area contributed by atoms with Crippen molar-refractivity contribution in [1.29, 1.82) is 0 Å². The van der Waals surface area contributed by atoms with Crippen LogP contribution in [0, 0.1) is 0 Å². The Hall–Kier alpha value is -0.570. The predicted molar refractivity (Wildman–Crippen MR) is 49.0 cm³/mol. The summed E-state index contributed by atoms with van der Waals surface area (Å²) in [6, 6.07) is 0. The summed E-state index contributed by atoms with van der Waals surface area (Å²) < 4.78 is 4.52. The Bertz CT molecular complexity index is 143. The molecule has 0 atom stereocenters. The van der Waals surface area contributed by atoms with Crippen LogP contribution in [0.4, 0.5) is 0 Å². The van der Waals surface area contributed by atoms with Gasteiger partial charge in [0.2, 0.25) is 0 Å². The number of nitrogens with one attached hydrogen (secondary N) is 1. The van der Waals surface area contributed by atoms with Gasteiger partial charge in [-0.15, -0.1) is 0 Å². The summed E-state index contributed by atoms with van der Waals surface area (Å²) in [7, 11) is 1.40. The van der Waals surface area contributed by atoms with E-state index in [0.29, 0.717) is 6.54 Å². The molecule has 3 nitrogen and oxygen atoms in total. The molecular formula is C9H19NO2. The summed E-state index contributed by atoms with van der Waals surface area (Å²) >= 11 is 0. The van der Waals surface area contributed by atoms with E-state index in [1.165, 1.54) is 7.11 Å². The molecular weight excluding hydrogens is 154 g/mol. The van der Waals surface area contributed by atoms with Gasteiger partial charge in [0, 0.05) is 5.54 Å². The van der Waals surface area contributed by atoms with E-state index in [1.807, 2.05) is 0 Å². The molecule has 0 aromatic carbocycles. The number of hydrogen-bond donors (Lipinski definition) is 1. The smallest absolute Gasteiger partial charge is 0.319 e. The zero-order valence-electron chi connectivity index (χ0n) is 8.44. The van der Waals surface area contributed by atoms with Crippen molar-refractivity contribution in [3.8, 4) is 0 Å². The Morgan fingerprint density at radius 3 is 2.50 bits per heavy atom. The van der Waals surface area contributed by atoms with E-state index in [2.05, 4.69) is 30.8 Å². The van der Waals surface area contributed by atoms with Crippen LogP contribution in [-0.4, -0.2) is 25.2 Å². The third kappa shape index (κ3) is 5.13. The van der Waals surface area contributed by atoms with Crippen LogP contribution in [0.25, 0.3) is 0 Å². The lowest BCUT2D eigenvalue weighted by Gasteiger charge is -2.24. The van der Waals surface area contributed by atoms with Crippen LogP contribution in [-0.2, 0) is 9.53 Å². The lowest BCUT2D eigenvalue weighted by Crippen LogP contribution is -2.42. The van der Waals surface area contributed by atoms with Crippen molar-refractivity contribution in [2.75, 3.05) is 13.7 Å². The number of methoxy groups -OCH3 is 1. The first-order valence-electron chi connectivity index (χ1n) is 4.33. The van der Waals surface area contributed by atoms with E-state index in [4.69, 9.17) is 0 Å². The molecule has 0 aromatic rings. The Balaban J connectivity index is 3.67. The fourth-order valence-electron chi connectivity index (χ4n) is 1.10. The number of carbonyl (C=O) groups excluding carboxylic acids is 1. The van der Waals surface area contributed by atoms with E-state index < -0.39 is 0 Å². The van der Waals surface area contributed by atoms with Crippen molar-refractivity contribution in [3.63, 3.8) is 0 Å². The molecule has 0 bridgehead atoms. The van der Waals surface area contributed by atoms with Gasteiger partial charge in [-0.05, 0) is 20.3 Å². The van der Waals surface area contributed by atoms with Crippen LogP contribution in [0.3, 0.4) is 0 Å². The topological polar surface area (TPSA) is 38.3 Å². The van der Waals surface area contributed by atoms with Crippen molar-refractivity contribution < 1.29 is 9.53 Å². The average molecular weight is 173 g/mol. The summed E-state index contributed by atoms with van der Waals surface area (Å²) in [5.41, 5.74) is 0.0307. The normalized spacial score (nSPS) is 11.3. The van der Waals surface area contributed by atoms with Gasteiger partial charge < -0.3 is 10.1 Å². The fourth-order valence-corrected chi connectivity index (χ4v) is 1.10. The van der Waals surface area contributed by atoms with Crippen LogP contribution in [0.2, 0.25) is 0 Å². The monoisotopic (exact) mass is 173 g/mol. The summed E-state index contributed by atoms with van der Waals surface area (Å²) in [6.45, 7) is 6.59. The molecule has 0 saturated carbocycles. The van der Waals surface area contributed by atoms with Gasteiger partial charge in [-0.1, -0.05) is 13.3 Å². The zero-order chi connectivity index (χ0) is 9.61. The van der Waals surface area contributed by atoms with E-state index in [1.54, 1.807) is 0 Å². The SMILES string of the molecule is CCCC(C)(C)NCC(=O)OC. The van der Waals surface area contributed by atoms with Crippen molar-refractivity contribution in [1.82, 2.24) is 5.32 Å². The lowest BCUT2D eigenvalue weighted by molar-refractivity contribution is -0.139. The third-order valence-electron chi connectivity index (χ3n) is 1.81. The van der Waals surface area contributed by atoms with Gasteiger partial charge in [-0.3, -0.25) is 4.79 Å². The second-order valence-corrected chi connectivity index (χ2v) is 3.56. The van der Waals surface area contributed by atoms with Gasteiger partial charge in [0.25, 0.3) is 0 Å². The number of rotatable bonds is 5. The molecule has 0 fully saturated rings. The fraction of sp³-hybridized carbons (Fsp3) is 0.889. The van der Waals surface area contributed by atoms with Gasteiger partial charge in [0.1, 0.15) is 0 Å². The van der Waals surface area contributed by atoms with Crippen molar-refractivity contribution in [2.45, 2.75) is 39.2 Å². The average Bonchev–Trinajstić information content (AvgIpc) is 2.00. The molecule has 3 heteroatoms. The molecule has 0 rings (SSSR count). The van der Waals surface area contributed by atoms with Crippen LogP contribution >= 0.6 is 0 Å². The standard InChI is InChI=1S/C9H19NO2/c1-5-6-9(2,3)10-7-8(11)12-4/h10H,5-7H2,1-4H3. The van der Waals surface area contributed by atoms with Gasteiger partial charge in [0.15, 0.2) is 0 Å². The van der Waals surface area contributed by atoms with Crippen molar-refractivity contribution in [2.24, 2.45) is 0 Å². The molecule has 0 amide bonds. The zero-order valence-corrected chi connectivity index (χ0v) is 8.44. The van der Waals surface area contributed by atoms with E-state index >= 15 is 0 Å². The largest absolute Gasteiger partial charge is 0.468 e. The van der Waals surface area contributed by atoms with Crippen LogP contribution in [0.5, 0.6) is 0 Å². The molecule has 0 spiro atoms. The molecule has 1 N–H and O–H groups in total. The minimum absolute atomic E-state index is 0.0307. The summed E-state index contributed by atoms with van der Waals surface area (Å²) in [5, 5.41) is 3.14. The molecule has 0 saturated heterocycles. The first-order chi connectivity index (χ1) is 5.52. The maximum absolute atomic E-state index is 10.8. The molecule has 12 heavy (non-hydrogen) atoms. The third-order valence-corrected chi connectivity index (χ3v) is 1.81. The molecule has 0 aromatic heterocycles. The summed E-state index contributed by atoms with van der Waals surface area (Å²) in [6.07, 6.45) is 2.17. The Kier molecular flexibility index (Phi) is 4.90. The van der Waals surface area contributed by atoms with E-state index in [-0.39, 0.29) is 11.5 Å². The quantitative estimate of drug-likeness (QED) is 0.637. The minimum atomic E-state index is -0.209. The maximum Gasteiger partial charge on any atom is 0.319 e. The maximum atomic E-state index is 10.8. The summed E-state index contributed by atoms with van der Waals surface area (Å²) in [5.74, 6) is -0.209. The molecule has 0 aliphatic heterocycles. The van der Waals surface area contributed by atoms with E-state index in [9.17, 15) is 4.79 Å². The van der Waals surface area contributed by atoms with Crippen LogP contribution in [0.15, 0.2) is 0 Å². The second-order valence-electron chi connectivity index (χ2n) is 3.56. The molecule has 0 aliphatic carbocycles. The highest BCUT2D eigenvalue weighted by Crippen LogP contribution is 2.09. The highest BCUT2D eigenvalue weighted by atomic mass is 16.5. The van der Waals surface area contributed by atoms with Crippen molar-refractivity contribution in [3.05, 3.63) is 0 Å². The predicted octanol–water partition coefficient (Wildman–Crippen LogP) is 1.33. The molecule has 0 aliphatic rings. The highest BCUT2D eigenvalue weighted by Gasteiger charge is 2.16. The van der Waals surface area contributed by atoms with Gasteiger partial charge >= 0.3 is 5.97 Å². The Morgan fingerprint density at radius 2 is 2.08 bits per heavy atom. The van der Waals surface area contributed by atoms with Gasteiger partial charge in [-0.2, -0.15) is 0 Å². The number of esters is 1. The number of ether oxygens (including phenoxy) is 1. The number of carbonyl (C=O) groups is 1. The first-order valence-corrected chi connectivity index (χ1v) is 4.33. The Labute approximate surface area is 74.5 Å². The van der Waals surface area contributed by atoms with Crippen LogP contribution < -0.4 is 5.32 Å². The second kappa shape index (κ2) is 5.14. The number of hydrogen-bond acceptors (Lipinski definition) is 3. The van der Waals surface area contributed by atoms with Gasteiger partial charge in [0.05, 0.1) is 13.7 Å². The molecule has 0 unspecified atom stereocenters. The van der Waals surface area contributed by atoms with Gasteiger partial charge in [-0.25, -0.2) is 0 Å². The highest BCUT2D eigenvalue weighted by molar-refractivity contribution is 5.71. The minimum Gasteiger partial charge on any atom is -0.468 e.